The van der Waals surface area contributed by atoms with Gasteiger partial charge in [0.25, 0.3) is 0 Å². The van der Waals surface area contributed by atoms with Crippen molar-refractivity contribution in [3.8, 4) is 5.75 Å². The van der Waals surface area contributed by atoms with Crippen LogP contribution in [0, 0.1) is 0 Å². The second-order valence-corrected chi connectivity index (χ2v) is 3.11. The average Bonchev–Trinajstić information content (AvgIpc) is 2.28. The van der Waals surface area contributed by atoms with Crippen LogP contribution in [0.3, 0.4) is 0 Å². The Balaban J connectivity index is 2.26. The Labute approximate surface area is 95.1 Å². The van der Waals surface area contributed by atoms with Crippen molar-refractivity contribution in [2.24, 2.45) is 0 Å². The van der Waals surface area contributed by atoms with Gasteiger partial charge in [-0.05, 0) is 26.0 Å². The summed E-state index contributed by atoms with van der Waals surface area (Å²) >= 11 is 0. The van der Waals surface area contributed by atoms with Crippen LogP contribution >= 0.6 is 0 Å². The smallest absolute Gasteiger partial charge is 0.332 e. The molecule has 0 aliphatic carbocycles. The largest absolute Gasteiger partial charge is 0.465 e. The molecule has 16 heavy (non-hydrogen) atoms. The van der Waals surface area contributed by atoms with Crippen molar-refractivity contribution in [2.45, 2.75) is 20.1 Å². The average molecular weight is 224 g/mol. The van der Waals surface area contributed by atoms with E-state index in [-0.39, 0.29) is 12.6 Å². The van der Waals surface area contributed by atoms with Gasteiger partial charge in [-0.3, -0.25) is 0 Å². The molecule has 4 heteroatoms. The first kappa shape index (κ1) is 12.5. The summed E-state index contributed by atoms with van der Waals surface area (Å²) in [5.74, 6) is 0.324. The summed E-state index contributed by atoms with van der Waals surface area (Å²) < 4.78 is 15.3. The number of esters is 1. The molecule has 4 nitrogen and oxygen atoms in total. The van der Waals surface area contributed by atoms with Crippen molar-refractivity contribution in [3.63, 3.8) is 0 Å². The Kier molecular flexibility index (Phi) is 5.36. The molecule has 1 aromatic rings. The number of carbonyl (C=O) groups excluding carboxylic acids is 1. The normalized spacial score (nSPS) is 11.9. The molecule has 1 rings (SSSR count). The summed E-state index contributed by atoms with van der Waals surface area (Å²) in [6.45, 7) is 3.74. The maximum atomic E-state index is 11.0. The number of carbonyl (C=O) groups is 1. The highest BCUT2D eigenvalue weighted by Gasteiger charge is 2.07. The summed E-state index contributed by atoms with van der Waals surface area (Å²) in [5, 5.41) is 0. The highest BCUT2D eigenvalue weighted by atomic mass is 16.7. The van der Waals surface area contributed by atoms with Gasteiger partial charge in [0, 0.05) is 0 Å². The molecule has 0 amide bonds. The summed E-state index contributed by atoms with van der Waals surface area (Å²) in [7, 11) is 0. The Morgan fingerprint density at radius 3 is 2.62 bits per heavy atom. The summed E-state index contributed by atoms with van der Waals surface area (Å²) in [6.07, 6.45) is -0.480. The van der Waals surface area contributed by atoms with Gasteiger partial charge in [-0.25, -0.2) is 4.79 Å². The molecule has 0 bridgehead atoms. The monoisotopic (exact) mass is 224 g/mol. The minimum atomic E-state index is -0.480. The fraction of sp³-hybridized carbons (Fsp3) is 0.417. The highest BCUT2D eigenvalue weighted by molar-refractivity contribution is 5.70. The molecule has 0 saturated heterocycles. The lowest BCUT2D eigenvalue weighted by molar-refractivity contribution is -0.157. The maximum Gasteiger partial charge on any atom is 0.332 e. The fourth-order valence-electron chi connectivity index (χ4n) is 1.11. The molecule has 0 aliphatic rings. The Morgan fingerprint density at radius 1 is 1.31 bits per heavy atom. The van der Waals surface area contributed by atoms with Crippen LogP contribution in [0.2, 0.25) is 0 Å². The molecule has 0 saturated carbocycles. The lowest BCUT2D eigenvalue weighted by atomic mass is 10.3. The van der Waals surface area contributed by atoms with Gasteiger partial charge in [0.1, 0.15) is 12.4 Å². The van der Waals surface area contributed by atoms with Crippen molar-refractivity contribution in [3.05, 3.63) is 30.3 Å². The van der Waals surface area contributed by atoms with Crippen LogP contribution in [0.4, 0.5) is 0 Å². The van der Waals surface area contributed by atoms with Crippen molar-refractivity contribution in [2.75, 3.05) is 13.2 Å². The lowest BCUT2D eigenvalue weighted by Crippen LogP contribution is -2.22. The second-order valence-electron chi connectivity index (χ2n) is 3.11. The Morgan fingerprint density at radius 2 is 2.00 bits per heavy atom. The van der Waals surface area contributed by atoms with E-state index in [2.05, 4.69) is 0 Å². The topological polar surface area (TPSA) is 44.8 Å². The molecule has 1 atom stereocenters. The van der Waals surface area contributed by atoms with Crippen LogP contribution in [0.1, 0.15) is 13.8 Å². The second kappa shape index (κ2) is 6.85. The number of ether oxygens (including phenoxy) is 3. The van der Waals surface area contributed by atoms with Gasteiger partial charge in [-0.1, -0.05) is 18.2 Å². The molecule has 0 spiro atoms. The zero-order valence-electron chi connectivity index (χ0n) is 9.51. The SMILES string of the molecule is CCOC(=O)COC(C)Oc1ccccc1. The van der Waals surface area contributed by atoms with E-state index in [9.17, 15) is 4.79 Å². The van der Waals surface area contributed by atoms with Crippen LogP contribution in [0.25, 0.3) is 0 Å². The zero-order valence-corrected chi connectivity index (χ0v) is 9.51. The van der Waals surface area contributed by atoms with E-state index in [0.717, 1.165) is 0 Å². The molecule has 1 unspecified atom stereocenters. The van der Waals surface area contributed by atoms with Crippen molar-refractivity contribution >= 4 is 5.97 Å². The summed E-state index contributed by atoms with van der Waals surface area (Å²) in [5.41, 5.74) is 0. The van der Waals surface area contributed by atoms with E-state index < -0.39 is 6.29 Å². The molecule has 0 aliphatic heterocycles. The van der Waals surface area contributed by atoms with Gasteiger partial charge in [0.15, 0.2) is 6.29 Å². The lowest BCUT2D eigenvalue weighted by Gasteiger charge is -2.14. The Bertz CT molecular complexity index is 310. The third-order valence-electron chi connectivity index (χ3n) is 1.79. The molecule has 0 N–H and O–H groups in total. The highest BCUT2D eigenvalue weighted by Crippen LogP contribution is 2.11. The molecule has 0 heterocycles. The van der Waals surface area contributed by atoms with Gasteiger partial charge in [0.2, 0.25) is 0 Å². The van der Waals surface area contributed by atoms with Crippen LogP contribution in [0.5, 0.6) is 5.75 Å². The zero-order chi connectivity index (χ0) is 11.8. The third-order valence-corrected chi connectivity index (χ3v) is 1.79. The molecular weight excluding hydrogens is 208 g/mol. The van der Waals surface area contributed by atoms with Crippen LogP contribution in [-0.2, 0) is 14.3 Å². The van der Waals surface area contributed by atoms with Crippen molar-refractivity contribution in [1.82, 2.24) is 0 Å². The van der Waals surface area contributed by atoms with Gasteiger partial charge in [0.05, 0.1) is 6.61 Å². The van der Waals surface area contributed by atoms with Crippen LogP contribution in [0.15, 0.2) is 30.3 Å². The van der Waals surface area contributed by atoms with E-state index >= 15 is 0 Å². The first-order chi connectivity index (χ1) is 7.72. The number of hydrogen-bond acceptors (Lipinski definition) is 4. The third kappa shape index (κ3) is 4.79. The molecule has 0 fully saturated rings. The van der Waals surface area contributed by atoms with Gasteiger partial charge < -0.3 is 14.2 Å². The van der Waals surface area contributed by atoms with Crippen molar-refractivity contribution < 1.29 is 19.0 Å². The van der Waals surface area contributed by atoms with Gasteiger partial charge in [-0.2, -0.15) is 0 Å². The minimum Gasteiger partial charge on any atom is -0.465 e. The first-order valence-electron chi connectivity index (χ1n) is 5.21. The van der Waals surface area contributed by atoms with Gasteiger partial charge in [-0.15, -0.1) is 0 Å². The molecule has 0 aromatic heterocycles. The fourth-order valence-corrected chi connectivity index (χ4v) is 1.11. The number of hydrogen-bond donors (Lipinski definition) is 0. The van der Waals surface area contributed by atoms with E-state index in [1.165, 1.54) is 0 Å². The molecule has 0 radical (unpaired) electrons. The summed E-state index contributed by atoms with van der Waals surface area (Å²) in [6, 6.07) is 9.28. The Hall–Kier alpha value is -1.55. The van der Waals surface area contributed by atoms with Crippen LogP contribution in [-0.4, -0.2) is 25.5 Å². The standard InChI is InChI=1S/C12H16O4/c1-3-14-12(13)9-15-10(2)16-11-7-5-4-6-8-11/h4-8,10H,3,9H2,1-2H3. The van der Waals surface area contributed by atoms with Gasteiger partial charge >= 0.3 is 5.97 Å². The van der Waals surface area contributed by atoms with Crippen molar-refractivity contribution in [1.29, 1.82) is 0 Å². The van der Waals surface area contributed by atoms with E-state index in [1.54, 1.807) is 13.8 Å². The molecular formula is C12H16O4. The van der Waals surface area contributed by atoms with E-state index in [4.69, 9.17) is 14.2 Å². The molecule has 1 aromatic carbocycles. The number of benzene rings is 1. The predicted octanol–water partition coefficient (Wildman–Crippen LogP) is 1.99. The minimum absolute atomic E-state index is 0.0954. The quantitative estimate of drug-likeness (QED) is 0.547. The molecule has 88 valence electrons. The van der Waals surface area contributed by atoms with Crippen LogP contribution < -0.4 is 4.74 Å². The number of rotatable bonds is 6. The number of para-hydroxylation sites is 1. The summed E-state index contributed by atoms with van der Waals surface area (Å²) in [4.78, 5) is 11.0. The van der Waals surface area contributed by atoms with E-state index in [0.29, 0.717) is 12.4 Å². The predicted molar refractivity (Wildman–Crippen MR) is 59.1 cm³/mol. The van der Waals surface area contributed by atoms with E-state index in [1.807, 2.05) is 30.3 Å². The first-order valence-corrected chi connectivity index (χ1v) is 5.21. The maximum absolute atomic E-state index is 11.0.